The Morgan fingerprint density at radius 2 is 1.47 bits per heavy atom. The molecule has 0 saturated carbocycles. The van der Waals surface area contributed by atoms with E-state index in [1.54, 1.807) is 24.3 Å². The number of ketones is 1. The molecule has 0 saturated heterocycles. The van der Waals surface area contributed by atoms with E-state index in [4.69, 9.17) is 16.6 Å². The lowest BCUT2D eigenvalue weighted by Gasteiger charge is -2.06. The van der Waals surface area contributed by atoms with Gasteiger partial charge in [-0.25, -0.2) is 4.79 Å². The zero-order valence-corrected chi connectivity index (χ0v) is 9.96. The maximum atomic E-state index is 12.2. The number of carbonyl (C=O) groups is 2. The van der Waals surface area contributed by atoms with Crippen LogP contribution in [0.5, 0.6) is 0 Å². The van der Waals surface area contributed by atoms with Crippen molar-refractivity contribution in [2.45, 2.75) is 0 Å². The third kappa shape index (κ3) is 2.55. The van der Waals surface area contributed by atoms with E-state index >= 15 is 0 Å². The number of benzene rings is 2. The number of nitrogens with two attached hydrogens (primary N) is 2. The van der Waals surface area contributed by atoms with Crippen LogP contribution in [0.4, 0.5) is 11.4 Å². The number of hydrogen-bond acceptors (Lipinski definition) is 4. The van der Waals surface area contributed by atoms with Crippen LogP contribution >= 0.6 is 0 Å². The second kappa shape index (κ2) is 4.81. The van der Waals surface area contributed by atoms with Crippen LogP contribution in [0.3, 0.4) is 0 Å². The number of carbonyl (C=O) groups excluding carboxylic acids is 1. The molecule has 0 aliphatic rings. The van der Waals surface area contributed by atoms with Crippen LogP contribution < -0.4 is 11.5 Å². The first-order chi connectivity index (χ1) is 8.99. The minimum Gasteiger partial charge on any atom is -0.478 e. The molecular formula is C14H12N2O3. The van der Waals surface area contributed by atoms with Gasteiger partial charge in [0.15, 0.2) is 5.78 Å². The van der Waals surface area contributed by atoms with Gasteiger partial charge >= 0.3 is 5.97 Å². The average molecular weight is 256 g/mol. The smallest absolute Gasteiger partial charge is 0.335 e. The lowest BCUT2D eigenvalue weighted by Crippen LogP contribution is -2.08. The molecule has 19 heavy (non-hydrogen) atoms. The maximum absolute atomic E-state index is 12.2. The van der Waals surface area contributed by atoms with E-state index in [2.05, 4.69) is 0 Å². The van der Waals surface area contributed by atoms with Gasteiger partial charge < -0.3 is 16.6 Å². The van der Waals surface area contributed by atoms with Crippen LogP contribution in [-0.4, -0.2) is 16.9 Å². The number of carboxylic acids is 1. The van der Waals surface area contributed by atoms with Crippen molar-refractivity contribution in [2.24, 2.45) is 0 Å². The Labute approximate surface area is 109 Å². The number of carboxylic acid groups (broad SMARTS) is 1. The molecule has 2 rings (SSSR count). The van der Waals surface area contributed by atoms with Gasteiger partial charge in [0, 0.05) is 22.5 Å². The molecule has 0 fully saturated rings. The largest absolute Gasteiger partial charge is 0.478 e. The Balaban J connectivity index is 2.46. The molecule has 0 aromatic heterocycles. The van der Waals surface area contributed by atoms with E-state index in [9.17, 15) is 9.59 Å². The van der Waals surface area contributed by atoms with Crippen LogP contribution in [0.1, 0.15) is 26.3 Å². The molecule has 5 nitrogen and oxygen atoms in total. The fraction of sp³-hybridized carbons (Fsp3) is 0. The summed E-state index contributed by atoms with van der Waals surface area (Å²) >= 11 is 0. The van der Waals surface area contributed by atoms with Gasteiger partial charge in [-0.2, -0.15) is 0 Å². The van der Waals surface area contributed by atoms with Gasteiger partial charge in [0.25, 0.3) is 0 Å². The first-order valence-corrected chi connectivity index (χ1v) is 5.52. The fourth-order valence-electron chi connectivity index (χ4n) is 1.68. The van der Waals surface area contributed by atoms with Gasteiger partial charge in [-0.05, 0) is 42.5 Å². The summed E-state index contributed by atoms with van der Waals surface area (Å²) in [5, 5.41) is 8.92. The van der Waals surface area contributed by atoms with Crippen LogP contribution in [-0.2, 0) is 0 Å². The fourth-order valence-corrected chi connectivity index (χ4v) is 1.68. The first-order valence-electron chi connectivity index (χ1n) is 5.52. The van der Waals surface area contributed by atoms with E-state index < -0.39 is 5.97 Å². The molecule has 0 amide bonds. The number of aromatic carboxylic acids is 1. The lowest BCUT2D eigenvalue weighted by atomic mass is 9.99. The molecule has 96 valence electrons. The summed E-state index contributed by atoms with van der Waals surface area (Å²) < 4.78 is 0. The predicted octanol–water partition coefficient (Wildman–Crippen LogP) is 1.78. The third-order valence-corrected chi connectivity index (χ3v) is 2.72. The second-order valence-electron chi connectivity index (χ2n) is 4.06. The third-order valence-electron chi connectivity index (χ3n) is 2.72. The lowest BCUT2D eigenvalue weighted by molar-refractivity contribution is 0.0697. The van der Waals surface area contributed by atoms with Crippen molar-refractivity contribution in [3.63, 3.8) is 0 Å². The van der Waals surface area contributed by atoms with Crippen LogP contribution in [0.15, 0.2) is 42.5 Å². The molecule has 0 heterocycles. The first kappa shape index (κ1) is 12.6. The molecule has 2 aromatic rings. The minimum absolute atomic E-state index is 0.0213. The molecule has 0 aliphatic carbocycles. The zero-order chi connectivity index (χ0) is 14.0. The van der Waals surface area contributed by atoms with Crippen molar-refractivity contribution in [1.82, 2.24) is 0 Å². The Morgan fingerprint density at radius 1 is 0.895 bits per heavy atom. The highest BCUT2D eigenvalue weighted by Gasteiger charge is 2.15. The number of nitrogen functional groups attached to an aromatic ring is 2. The average Bonchev–Trinajstić information content (AvgIpc) is 2.39. The Bertz CT molecular complexity index is 648. The van der Waals surface area contributed by atoms with Gasteiger partial charge in [0.1, 0.15) is 0 Å². The van der Waals surface area contributed by atoms with Crippen molar-refractivity contribution >= 4 is 23.1 Å². The van der Waals surface area contributed by atoms with Gasteiger partial charge in [-0.1, -0.05) is 0 Å². The summed E-state index contributed by atoms with van der Waals surface area (Å²) in [5.74, 6) is -1.44. The standard InChI is InChI=1S/C14H12N2O3/c15-10-4-1-8(2-5-10)13(17)11-7-9(14(18)19)3-6-12(11)16/h1-7H,15-16H2,(H,18,19). The van der Waals surface area contributed by atoms with Crippen LogP contribution in [0.2, 0.25) is 0 Å². The van der Waals surface area contributed by atoms with Gasteiger partial charge in [0.2, 0.25) is 0 Å². The maximum Gasteiger partial charge on any atom is 0.335 e. The molecule has 0 unspecified atom stereocenters. The van der Waals surface area contributed by atoms with Crippen molar-refractivity contribution in [3.8, 4) is 0 Å². The summed E-state index contributed by atoms with van der Waals surface area (Å²) in [4.78, 5) is 23.1. The zero-order valence-electron chi connectivity index (χ0n) is 9.96. The van der Waals surface area contributed by atoms with Crippen molar-refractivity contribution < 1.29 is 14.7 Å². The van der Waals surface area contributed by atoms with E-state index in [1.165, 1.54) is 18.2 Å². The Kier molecular flexibility index (Phi) is 3.20. The molecule has 0 aliphatic heterocycles. The molecule has 0 atom stereocenters. The number of anilines is 2. The molecule has 0 bridgehead atoms. The number of hydrogen-bond donors (Lipinski definition) is 3. The summed E-state index contributed by atoms with van der Waals surface area (Å²) in [6, 6.07) is 10.4. The Hall–Kier alpha value is -2.82. The SMILES string of the molecule is Nc1ccc(C(=O)c2cc(C(=O)O)ccc2N)cc1. The van der Waals surface area contributed by atoms with Crippen LogP contribution in [0, 0.1) is 0 Å². The highest BCUT2D eigenvalue weighted by molar-refractivity contribution is 6.13. The summed E-state index contributed by atoms with van der Waals surface area (Å²) in [6.45, 7) is 0. The molecule has 0 spiro atoms. The van der Waals surface area contributed by atoms with E-state index in [0.29, 0.717) is 11.3 Å². The topological polar surface area (TPSA) is 106 Å². The molecule has 5 N–H and O–H groups in total. The van der Waals surface area contributed by atoms with Crippen molar-refractivity contribution in [2.75, 3.05) is 11.5 Å². The highest BCUT2D eigenvalue weighted by Crippen LogP contribution is 2.19. The summed E-state index contributed by atoms with van der Waals surface area (Å²) in [5.41, 5.74) is 12.7. The quantitative estimate of drug-likeness (QED) is 0.573. The molecular weight excluding hydrogens is 244 g/mol. The van der Waals surface area contributed by atoms with Gasteiger partial charge in [-0.3, -0.25) is 4.79 Å². The molecule has 0 radical (unpaired) electrons. The minimum atomic E-state index is -1.11. The van der Waals surface area contributed by atoms with Crippen molar-refractivity contribution in [1.29, 1.82) is 0 Å². The second-order valence-corrected chi connectivity index (χ2v) is 4.06. The monoisotopic (exact) mass is 256 g/mol. The summed E-state index contributed by atoms with van der Waals surface area (Å²) in [7, 11) is 0. The predicted molar refractivity (Wildman–Crippen MR) is 72.1 cm³/mol. The van der Waals surface area contributed by atoms with E-state index in [-0.39, 0.29) is 22.6 Å². The highest BCUT2D eigenvalue weighted by atomic mass is 16.4. The van der Waals surface area contributed by atoms with Gasteiger partial charge in [0.05, 0.1) is 5.56 Å². The Morgan fingerprint density at radius 3 is 2.05 bits per heavy atom. The van der Waals surface area contributed by atoms with Crippen LogP contribution in [0.25, 0.3) is 0 Å². The van der Waals surface area contributed by atoms with E-state index in [0.717, 1.165) is 0 Å². The normalized spacial score (nSPS) is 10.1. The van der Waals surface area contributed by atoms with Gasteiger partial charge in [-0.15, -0.1) is 0 Å². The molecule has 5 heteroatoms. The number of rotatable bonds is 3. The van der Waals surface area contributed by atoms with E-state index in [1.807, 2.05) is 0 Å². The molecule has 2 aromatic carbocycles. The van der Waals surface area contributed by atoms with Crippen molar-refractivity contribution in [3.05, 3.63) is 59.2 Å². The summed E-state index contributed by atoms with van der Waals surface area (Å²) in [6.07, 6.45) is 0.